The minimum Gasteiger partial charge on any atom is -0.497 e. The van der Waals surface area contributed by atoms with Crippen LogP contribution < -0.4 is 10.1 Å². The number of rotatable bonds is 10. The second-order valence-electron chi connectivity index (χ2n) is 5.23. The molecule has 0 heterocycles. The molecule has 0 unspecified atom stereocenters. The van der Waals surface area contributed by atoms with Crippen LogP contribution in [-0.4, -0.2) is 44.1 Å². The van der Waals surface area contributed by atoms with Crippen molar-refractivity contribution in [2.75, 3.05) is 33.3 Å². The molecule has 1 amide bonds. The van der Waals surface area contributed by atoms with Crippen molar-refractivity contribution in [3.8, 4) is 5.75 Å². The zero-order valence-electron chi connectivity index (χ0n) is 13.5. The van der Waals surface area contributed by atoms with E-state index in [1.54, 1.807) is 7.11 Å². The third kappa shape index (κ3) is 7.14. The number of carbonyl (C=O) groups is 1. The van der Waals surface area contributed by atoms with Gasteiger partial charge in [0.25, 0.3) is 0 Å². The van der Waals surface area contributed by atoms with E-state index in [1.807, 2.05) is 18.2 Å². The van der Waals surface area contributed by atoms with E-state index in [9.17, 15) is 4.79 Å². The van der Waals surface area contributed by atoms with Gasteiger partial charge in [0.05, 0.1) is 13.7 Å². The predicted octanol–water partition coefficient (Wildman–Crippen LogP) is 2.48. The summed E-state index contributed by atoms with van der Waals surface area (Å²) in [4.78, 5) is 14.1. The normalized spacial score (nSPS) is 10.7. The van der Waals surface area contributed by atoms with Gasteiger partial charge in [-0.2, -0.15) is 0 Å². The molecule has 0 aliphatic rings. The Morgan fingerprint density at radius 3 is 2.57 bits per heavy atom. The Balaban J connectivity index is 2.31. The van der Waals surface area contributed by atoms with Crippen LogP contribution in [0.3, 0.4) is 0 Å². The van der Waals surface area contributed by atoms with Crippen LogP contribution in [0.25, 0.3) is 0 Å². The minimum absolute atomic E-state index is 0.111. The van der Waals surface area contributed by atoms with E-state index in [4.69, 9.17) is 4.74 Å². The largest absolute Gasteiger partial charge is 0.497 e. The van der Waals surface area contributed by atoms with Crippen molar-refractivity contribution >= 4 is 5.91 Å². The maximum atomic E-state index is 11.9. The van der Waals surface area contributed by atoms with Gasteiger partial charge in [0.1, 0.15) is 5.75 Å². The first-order valence-electron chi connectivity index (χ1n) is 7.81. The number of benzene rings is 1. The van der Waals surface area contributed by atoms with Gasteiger partial charge in [0.15, 0.2) is 0 Å². The first kappa shape index (κ1) is 17.5. The molecule has 4 nitrogen and oxygen atoms in total. The molecule has 0 spiro atoms. The molecule has 0 aromatic heterocycles. The monoisotopic (exact) mass is 292 g/mol. The standard InChI is InChI=1S/C17H28N2O2/c1-4-11-19(12-5-2)14-17(20)18-10-9-15-7-6-8-16(13-15)21-3/h6-8,13H,4-5,9-12,14H2,1-3H3,(H,18,20). The van der Waals surface area contributed by atoms with Gasteiger partial charge in [-0.25, -0.2) is 0 Å². The molecule has 1 N–H and O–H groups in total. The van der Waals surface area contributed by atoms with Gasteiger partial charge in [-0.3, -0.25) is 9.69 Å². The van der Waals surface area contributed by atoms with Gasteiger partial charge in [0.2, 0.25) is 5.91 Å². The highest BCUT2D eigenvalue weighted by Crippen LogP contribution is 2.12. The van der Waals surface area contributed by atoms with Gasteiger partial charge in [-0.15, -0.1) is 0 Å². The van der Waals surface area contributed by atoms with Crippen LogP contribution in [0.5, 0.6) is 5.75 Å². The number of carbonyl (C=O) groups excluding carboxylic acids is 1. The number of hydrogen-bond acceptors (Lipinski definition) is 3. The van der Waals surface area contributed by atoms with Crippen molar-refractivity contribution in [1.29, 1.82) is 0 Å². The number of ether oxygens (including phenoxy) is 1. The summed E-state index contributed by atoms with van der Waals surface area (Å²) in [6.45, 7) is 7.42. The van der Waals surface area contributed by atoms with E-state index in [-0.39, 0.29) is 5.91 Å². The van der Waals surface area contributed by atoms with Gasteiger partial charge >= 0.3 is 0 Å². The molecule has 0 saturated carbocycles. The molecule has 0 aliphatic heterocycles. The molecule has 1 aromatic carbocycles. The second kappa shape index (κ2) is 10.2. The highest BCUT2D eigenvalue weighted by atomic mass is 16.5. The topological polar surface area (TPSA) is 41.6 Å². The van der Waals surface area contributed by atoms with Crippen LogP contribution >= 0.6 is 0 Å². The highest BCUT2D eigenvalue weighted by molar-refractivity contribution is 5.78. The molecule has 0 atom stereocenters. The molecule has 0 radical (unpaired) electrons. The first-order valence-corrected chi connectivity index (χ1v) is 7.81. The highest BCUT2D eigenvalue weighted by Gasteiger charge is 2.08. The summed E-state index contributed by atoms with van der Waals surface area (Å²) in [5, 5.41) is 2.99. The molecule has 0 saturated heterocycles. The lowest BCUT2D eigenvalue weighted by molar-refractivity contribution is -0.122. The SMILES string of the molecule is CCCN(CCC)CC(=O)NCCc1cccc(OC)c1. The van der Waals surface area contributed by atoms with Gasteiger partial charge < -0.3 is 10.1 Å². The number of methoxy groups -OCH3 is 1. The lowest BCUT2D eigenvalue weighted by atomic mass is 10.1. The van der Waals surface area contributed by atoms with Gasteiger partial charge in [0, 0.05) is 6.54 Å². The van der Waals surface area contributed by atoms with E-state index in [0.29, 0.717) is 13.1 Å². The zero-order chi connectivity index (χ0) is 15.5. The lowest BCUT2D eigenvalue weighted by Gasteiger charge is -2.20. The summed E-state index contributed by atoms with van der Waals surface area (Å²) in [6.07, 6.45) is 2.98. The summed E-state index contributed by atoms with van der Waals surface area (Å²) in [6, 6.07) is 7.96. The molecule has 0 fully saturated rings. The van der Waals surface area contributed by atoms with Crippen LogP contribution in [-0.2, 0) is 11.2 Å². The summed E-state index contributed by atoms with van der Waals surface area (Å²) >= 11 is 0. The van der Waals surface area contributed by atoms with Crippen LogP contribution in [0.1, 0.15) is 32.3 Å². The van der Waals surface area contributed by atoms with Crippen molar-refractivity contribution in [2.45, 2.75) is 33.1 Å². The molecule has 1 rings (SSSR count). The van der Waals surface area contributed by atoms with Crippen molar-refractivity contribution in [3.05, 3.63) is 29.8 Å². The Labute approximate surface area is 128 Å². The van der Waals surface area contributed by atoms with Gasteiger partial charge in [-0.05, 0) is 50.0 Å². The van der Waals surface area contributed by atoms with Crippen LogP contribution in [0, 0.1) is 0 Å². The molecular formula is C17H28N2O2. The zero-order valence-corrected chi connectivity index (χ0v) is 13.5. The van der Waals surface area contributed by atoms with E-state index < -0.39 is 0 Å². The maximum absolute atomic E-state index is 11.9. The fraction of sp³-hybridized carbons (Fsp3) is 0.588. The fourth-order valence-electron chi connectivity index (χ4n) is 2.34. The van der Waals surface area contributed by atoms with Crippen LogP contribution in [0.4, 0.5) is 0 Å². The number of hydrogen-bond donors (Lipinski definition) is 1. The number of nitrogens with one attached hydrogen (secondary N) is 1. The molecule has 118 valence electrons. The van der Waals surface area contributed by atoms with Gasteiger partial charge in [-0.1, -0.05) is 26.0 Å². The first-order chi connectivity index (χ1) is 10.2. The number of nitrogens with zero attached hydrogens (tertiary/aromatic N) is 1. The van der Waals surface area contributed by atoms with E-state index in [1.165, 1.54) is 5.56 Å². The summed E-state index contributed by atoms with van der Waals surface area (Å²) in [7, 11) is 1.66. The summed E-state index contributed by atoms with van der Waals surface area (Å²) in [5.41, 5.74) is 1.17. The van der Waals surface area contributed by atoms with E-state index in [2.05, 4.69) is 30.1 Å². The van der Waals surface area contributed by atoms with Crippen LogP contribution in [0.15, 0.2) is 24.3 Å². The third-order valence-electron chi connectivity index (χ3n) is 3.32. The molecule has 1 aromatic rings. The maximum Gasteiger partial charge on any atom is 0.234 e. The van der Waals surface area contributed by atoms with Crippen LogP contribution in [0.2, 0.25) is 0 Å². The summed E-state index contributed by atoms with van der Waals surface area (Å²) in [5.74, 6) is 0.968. The molecule has 0 aliphatic carbocycles. The van der Waals surface area contributed by atoms with Crippen molar-refractivity contribution in [3.63, 3.8) is 0 Å². The quantitative estimate of drug-likeness (QED) is 0.720. The average molecular weight is 292 g/mol. The summed E-state index contributed by atoms with van der Waals surface area (Å²) < 4.78 is 5.19. The Hall–Kier alpha value is -1.55. The second-order valence-corrected chi connectivity index (χ2v) is 5.23. The lowest BCUT2D eigenvalue weighted by Crippen LogP contribution is -2.38. The predicted molar refractivity (Wildman–Crippen MR) is 86.7 cm³/mol. The minimum atomic E-state index is 0.111. The smallest absolute Gasteiger partial charge is 0.234 e. The van der Waals surface area contributed by atoms with Crippen molar-refractivity contribution in [1.82, 2.24) is 10.2 Å². The van der Waals surface area contributed by atoms with Crippen molar-refractivity contribution in [2.24, 2.45) is 0 Å². The fourth-order valence-corrected chi connectivity index (χ4v) is 2.34. The average Bonchev–Trinajstić information content (AvgIpc) is 2.48. The third-order valence-corrected chi connectivity index (χ3v) is 3.32. The van der Waals surface area contributed by atoms with E-state index >= 15 is 0 Å². The molecule has 0 bridgehead atoms. The molecular weight excluding hydrogens is 264 g/mol. The number of amides is 1. The molecule has 4 heteroatoms. The van der Waals surface area contributed by atoms with E-state index in [0.717, 1.165) is 38.1 Å². The Morgan fingerprint density at radius 1 is 1.24 bits per heavy atom. The Bertz CT molecular complexity index is 415. The Morgan fingerprint density at radius 2 is 1.95 bits per heavy atom. The van der Waals surface area contributed by atoms with Crippen molar-refractivity contribution < 1.29 is 9.53 Å². The molecule has 21 heavy (non-hydrogen) atoms. The Kier molecular flexibility index (Phi) is 8.51.